The SMILES string of the molecule is Cc1ccc2[nH]c(C(=O)NCc3c(C)nn(Cc4ccccc4)c3C)cc2c1. The predicted molar refractivity (Wildman–Crippen MR) is 111 cm³/mol. The first-order valence-corrected chi connectivity index (χ1v) is 9.45. The van der Waals surface area contributed by atoms with E-state index < -0.39 is 0 Å². The summed E-state index contributed by atoms with van der Waals surface area (Å²) in [6.45, 7) is 7.27. The Bertz CT molecular complexity index is 1140. The smallest absolute Gasteiger partial charge is 0.267 e. The van der Waals surface area contributed by atoms with Gasteiger partial charge in [-0.1, -0.05) is 42.0 Å². The zero-order chi connectivity index (χ0) is 19.7. The molecule has 142 valence electrons. The zero-order valence-corrected chi connectivity index (χ0v) is 16.4. The van der Waals surface area contributed by atoms with Crippen LogP contribution in [0, 0.1) is 20.8 Å². The van der Waals surface area contributed by atoms with E-state index in [1.807, 2.05) is 54.9 Å². The molecule has 1 amide bonds. The second kappa shape index (κ2) is 7.35. The molecular weight excluding hydrogens is 348 g/mol. The Morgan fingerprint density at radius 2 is 1.86 bits per heavy atom. The van der Waals surface area contributed by atoms with Gasteiger partial charge in [0.05, 0.1) is 12.2 Å². The molecule has 0 aliphatic carbocycles. The summed E-state index contributed by atoms with van der Waals surface area (Å²) in [5, 5.41) is 8.73. The lowest BCUT2D eigenvalue weighted by Crippen LogP contribution is -2.23. The van der Waals surface area contributed by atoms with Crippen molar-refractivity contribution in [2.24, 2.45) is 0 Å². The third-order valence-electron chi connectivity index (χ3n) is 5.15. The van der Waals surface area contributed by atoms with Crippen LogP contribution in [-0.4, -0.2) is 20.7 Å². The van der Waals surface area contributed by atoms with E-state index in [-0.39, 0.29) is 5.91 Å². The van der Waals surface area contributed by atoms with Gasteiger partial charge in [0.25, 0.3) is 5.91 Å². The molecule has 0 aliphatic heterocycles. The minimum Gasteiger partial charge on any atom is -0.351 e. The molecule has 0 radical (unpaired) electrons. The number of hydrogen-bond acceptors (Lipinski definition) is 2. The molecule has 0 atom stereocenters. The van der Waals surface area contributed by atoms with E-state index in [1.54, 1.807) is 0 Å². The normalized spacial score (nSPS) is 11.1. The topological polar surface area (TPSA) is 62.7 Å². The number of amides is 1. The Hall–Kier alpha value is -3.34. The highest BCUT2D eigenvalue weighted by atomic mass is 16.1. The number of H-pyrrole nitrogens is 1. The number of carbonyl (C=O) groups excluding carboxylic acids is 1. The van der Waals surface area contributed by atoms with Crippen molar-refractivity contribution in [3.05, 3.63) is 88.4 Å². The van der Waals surface area contributed by atoms with Crippen molar-refractivity contribution in [2.45, 2.75) is 33.9 Å². The fourth-order valence-electron chi connectivity index (χ4n) is 3.54. The standard InChI is InChI=1S/C23H24N4O/c1-15-9-10-21-19(11-15)12-22(25-21)23(28)24-13-20-16(2)26-27(17(20)3)14-18-7-5-4-6-8-18/h4-12,25H,13-14H2,1-3H3,(H,24,28). The molecule has 2 aromatic carbocycles. The highest BCUT2D eigenvalue weighted by molar-refractivity contribution is 5.98. The molecule has 5 nitrogen and oxygen atoms in total. The third-order valence-corrected chi connectivity index (χ3v) is 5.15. The first-order valence-electron chi connectivity index (χ1n) is 9.45. The number of nitrogens with zero attached hydrogens (tertiary/aromatic N) is 2. The minimum absolute atomic E-state index is 0.108. The fraction of sp³-hybridized carbons (Fsp3) is 0.217. The maximum absolute atomic E-state index is 12.6. The van der Waals surface area contributed by atoms with Gasteiger partial charge in [0.2, 0.25) is 0 Å². The largest absolute Gasteiger partial charge is 0.351 e. The fourth-order valence-corrected chi connectivity index (χ4v) is 3.54. The number of nitrogens with one attached hydrogen (secondary N) is 2. The summed E-state index contributed by atoms with van der Waals surface area (Å²) in [4.78, 5) is 15.8. The maximum atomic E-state index is 12.6. The first kappa shape index (κ1) is 18.0. The van der Waals surface area contributed by atoms with E-state index in [4.69, 9.17) is 0 Å². The van der Waals surface area contributed by atoms with Crippen molar-refractivity contribution in [3.8, 4) is 0 Å². The minimum atomic E-state index is -0.108. The average molecular weight is 372 g/mol. The van der Waals surface area contributed by atoms with Crippen LogP contribution in [0.25, 0.3) is 10.9 Å². The van der Waals surface area contributed by atoms with Crippen LogP contribution in [0.15, 0.2) is 54.6 Å². The molecule has 5 heteroatoms. The molecule has 0 saturated heterocycles. The van der Waals surface area contributed by atoms with Gasteiger partial charge in [-0.2, -0.15) is 5.10 Å². The molecule has 0 fully saturated rings. The number of benzene rings is 2. The molecule has 0 bridgehead atoms. The molecule has 2 heterocycles. The molecule has 0 spiro atoms. The van der Waals surface area contributed by atoms with Crippen LogP contribution in [0.5, 0.6) is 0 Å². The van der Waals surface area contributed by atoms with E-state index in [9.17, 15) is 4.79 Å². The first-order chi connectivity index (χ1) is 13.5. The maximum Gasteiger partial charge on any atom is 0.267 e. The van der Waals surface area contributed by atoms with Crippen molar-refractivity contribution >= 4 is 16.8 Å². The van der Waals surface area contributed by atoms with Gasteiger partial charge in [-0.15, -0.1) is 0 Å². The van der Waals surface area contributed by atoms with Crippen molar-refractivity contribution in [2.75, 3.05) is 0 Å². The third kappa shape index (κ3) is 3.56. The van der Waals surface area contributed by atoms with Crippen LogP contribution in [0.4, 0.5) is 0 Å². The Morgan fingerprint density at radius 3 is 2.64 bits per heavy atom. The number of aromatic amines is 1. The monoisotopic (exact) mass is 372 g/mol. The number of aromatic nitrogens is 3. The van der Waals surface area contributed by atoms with Gasteiger partial charge in [-0.25, -0.2) is 0 Å². The van der Waals surface area contributed by atoms with E-state index in [0.29, 0.717) is 12.2 Å². The molecular formula is C23H24N4O. The molecule has 0 saturated carbocycles. The van der Waals surface area contributed by atoms with Gasteiger partial charge in [-0.3, -0.25) is 9.48 Å². The Morgan fingerprint density at radius 1 is 1.07 bits per heavy atom. The highest BCUT2D eigenvalue weighted by Gasteiger charge is 2.14. The van der Waals surface area contributed by atoms with Gasteiger partial charge >= 0.3 is 0 Å². The molecule has 2 N–H and O–H groups in total. The van der Waals surface area contributed by atoms with Gasteiger partial charge in [0, 0.05) is 28.7 Å². The van der Waals surface area contributed by atoms with Crippen LogP contribution in [0.1, 0.15) is 38.6 Å². The number of aryl methyl sites for hydroxylation is 2. The van der Waals surface area contributed by atoms with Crippen LogP contribution in [-0.2, 0) is 13.1 Å². The number of carbonyl (C=O) groups is 1. The van der Waals surface area contributed by atoms with Crippen molar-refractivity contribution in [3.63, 3.8) is 0 Å². The average Bonchev–Trinajstić information content (AvgIpc) is 3.22. The summed E-state index contributed by atoms with van der Waals surface area (Å²) in [5.41, 5.74) is 7.02. The van der Waals surface area contributed by atoms with E-state index in [2.05, 4.69) is 40.5 Å². The second-order valence-electron chi connectivity index (χ2n) is 7.25. The molecule has 28 heavy (non-hydrogen) atoms. The van der Waals surface area contributed by atoms with Crippen molar-refractivity contribution < 1.29 is 4.79 Å². The Balaban J connectivity index is 1.48. The van der Waals surface area contributed by atoms with Crippen LogP contribution in [0.3, 0.4) is 0 Å². The van der Waals surface area contributed by atoms with Crippen molar-refractivity contribution in [1.82, 2.24) is 20.1 Å². The number of rotatable bonds is 5. The lowest BCUT2D eigenvalue weighted by atomic mass is 10.2. The van der Waals surface area contributed by atoms with Crippen LogP contribution < -0.4 is 5.32 Å². The van der Waals surface area contributed by atoms with E-state index in [0.717, 1.165) is 34.4 Å². The Labute approximate surface area is 164 Å². The van der Waals surface area contributed by atoms with Gasteiger partial charge in [-0.05, 0) is 44.5 Å². The van der Waals surface area contributed by atoms with Gasteiger partial charge in [0.15, 0.2) is 0 Å². The zero-order valence-electron chi connectivity index (χ0n) is 16.4. The molecule has 0 aliphatic rings. The number of fused-ring (bicyclic) bond motifs is 1. The molecule has 0 unspecified atom stereocenters. The molecule has 4 rings (SSSR count). The van der Waals surface area contributed by atoms with E-state index in [1.165, 1.54) is 11.1 Å². The quantitative estimate of drug-likeness (QED) is 0.550. The lowest BCUT2D eigenvalue weighted by Gasteiger charge is -2.07. The van der Waals surface area contributed by atoms with Crippen molar-refractivity contribution in [1.29, 1.82) is 0 Å². The molecule has 4 aromatic rings. The molecule has 2 aromatic heterocycles. The highest BCUT2D eigenvalue weighted by Crippen LogP contribution is 2.18. The van der Waals surface area contributed by atoms with Gasteiger partial charge < -0.3 is 10.3 Å². The predicted octanol–water partition coefficient (Wildman–Crippen LogP) is 4.27. The van der Waals surface area contributed by atoms with Gasteiger partial charge in [0.1, 0.15) is 5.69 Å². The summed E-state index contributed by atoms with van der Waals surface area (Å²) in [6.07, 6.45) is 0. The Kier molecular flexibility index (Phi) is 4.74. The second-order valence-corrected chi connectivity index (χ2v) is 7.25. The summed E-state index contributed by atoms with van der Waals surface area (Å²) >= 11 is 0. The van der Waals surface area contributed by atoms with Crippen LogP contribution in [0.2, 0.25) is 0 Å². The summed E-state index contributed by atoms with van der Waals surface area (Å²) in [5.74, 6) is -0.108. The summed E-state index contributed by atoms with van der Waals surface area (Å²) in [7, 11) is 0. The summed E-state index contributed by atoms with van der Waals surface area (Å²) in [6, 6.07) is 18.3. The lowest BCUT2D eigenvalue weighted by molar-refractivity contribution is 0.0946. The van der Waals surface area contributed by atoms with E-state index >= 15 is 0 Å². The summed E-state index contributed by atoms with van der Waals surface area (Å²) < 4.78 is 2.00. The van der Waals surface area contributed by atoms with Crippen LogP contribution >= 0.6 is 0 Å². The number of hydrogen-bond donors (Lipinski definition) is 2.